The summed E-state index contributed by atoms with van der Waals surface area (Å²) in [5.41, 5.74) is 1.67. The summed E-state index contributed by atoms with van der Waals surface area (Å²) in [4.78, 5) is 10.3. The van der Waals surface area contributed by atoms with Crippen LogP contribution in [-0.4, -0.2) is 27.7 Å². The van der Waals surface area contributed by atoms with Crippen LogP contribution in [0.3, 0.4) is 0 Å². The first kappa shape index (κ1) is 13.6. The van der Waals surface area contributed by atoms with E-state index in [-0.39, 0.29) is 5.69 Å². The second kappa shape index (κ2) is 6.34. The number of benzene rings is 1. The van der Waals surface area contributed by atoms with Crippen molar-refractivity contribution in [3.05, 3.63) is 33.9 Å². The average Bonchev–Trinajstić information content (AvgIpc) is 2.23. The highest BCUT2D eigenvalue weighted by Crippen LogP contribution is 2.20. The summed E-state index contributed by atoms with van der Waals surface area (Å²) in [6.07, 6.45) is 2.45. The lowest BCUT2D eigenvalue weighted by atomic mass is 10.2. The smallest absolute Gasteiger partial charge is 0.271 e. The van der Waals surface area contributed by atoms with Gasteiger partial charge in [0.15, 0.2) is 0 Å². The van der Waals surface area contributed by atoms with Crippen molar-refractivity contribution >= 4 is 22.2 Å². The van der Waals surface area contributed by atoms with Crippen LogP contribution in [0.15, 0.2) is 18.2 Å². The predicted molar refractivity (Wildman–Crippen MR) is 69.9 cm³/mol. The van der Waals surface area contributed by atoms with Crippen molar-refractivity contribution in [1.82, 2.24) is 0 Å². The van der Waals surface area contributed by atoms with Gasteiger partial charge < -0.3 is 5.32 Å². The van der Waals surface area contributed by atoms with Crippen molar-refractivity contribution in [3.63, 3.8) is 0 Å². The van der Waals surface area contributed by atoms with Crippen LogP contribution >= 0.6 is 0 Å². The number of hydrogen-bond donors (Lipinski definition) is 1. The Hall–Kier alpha value is -1.43. The molecule has 0 aromatic heterocycles. The third kappa shape index (κ3) is 4.95. The largest absolute Gasteiger partial charge is 0.385 e. The van der Waals surface area contributed by atoms with E-state index < -0.39 is 15.7 Å². The monoisotopic (exact) mass is 256 g/mol. The molecule has 0 aliphatic heterocycles. The van der Waals surface area contributed by atoms with Crippen molar-refractivity contribution < 1.29 is 9.13 Å². The van der Waals surface area contributed by atoms with E-state index in [9.17, 15) is 14.3 Å². The predicted octanol–water partition coefficient (Wildman–Crippen LogP) is 2.08. The molecule has 0 heterocycles. The van der Waals surface area contributed by atoms with Crippen molar-refractivity contribution in [2.45, 2.75) is 13.3 Å². The van der Waals surface area contributed by atoms with Gasteiger partial charge in [-0.25, -0.2) is 0 Å². The summed E-state index contributed by atoms with van der Waals surface area (Å²) in [5.74, 6) is 0.640. The first-order valence-electron chi connectivity index (χ1n) is 5.29. The summed E-state index contributed by atoms with van der Waals surface area (Å²) in [7, 11) is -0.788. The zero-order valence-electron chi connectivity index (χ0n) is 9.93. The van der Waals surface area contributed by atoms with Crippen LogP contribution in [0.2, 0.25) is 0 Å². The number of hydrogen-bond acceptors (Lipinski definition) is 4. The van der Waals surface area contributed by atoms with Gasteiger partial charge >= 0.3 is 0 Å². The zero-order valence-corrected chi connectivity index (χ0v) is 10.8. The minimum absolute atomic E-state index is 0.0894. The summed E-state index contributed by atoms with van der Waals surface area (Å²) in [5, 5.41) is 13.8. The SMILES string of the molecule is Cc1cc(NCCCS(C)=O)cc([N+](=O)[O-])c1. The molecule has 94 valence electrons. The van der Waals surface area contributed by atoms with Crippen LogP contribution in [0, 0.1) is 17.0 Å². The molecule has 0 spiro atoms. The number of nitrogens with one attached hydrogen (secondary N) is 1. The Morgan fingerprint density at radius 2 is 2.12 bits per heavy atom. The quantitative estimate of drug-likeness (QED) is 0.480. The third-order valence-electron chi connectivity index (χ3n) is 2.21. The first-order valence-corrected chi connectivity index (χ1v) is 7.02. The van der Waals surface area contributed by atoms with Gasteiger partial charge in [-0.05, 0) is 25.0 Å². The van der Waals surface area contributed by atoms with Gasteiger partial charge in [-0.1, -0.05) is 0 Å². The fraction of sp³-hybridized carbons (Fsp3) is 0.455. The van der Waals surface area contributed by atoms with Crippen molar-refractivity contribution in [1.29, 1.82) is 0 Å². The maximum absolute atomic E-state index is 10.8. The standard InChI is InChI=1S/C11H16N2O3S/c1-9-6-10(8-11(7-9)13(14)15)12-4-3-5-17(2)16/h6-8,12H,3-5H2,1-2H3. The molecular weight excluding hydrogens is 240 g/mol. The molecule has 5 nitrogen and oxygen atoms in total. The Morgan fingerprint density at radius 1 is 1.41 bits per heavy atom. The molecule has 17 heavy (non-hydrogen) atoms. The van der Waals surface area contributed by atoms with Gasteiger partial charge in [0.05, 0.1) is 4.92 Å². The van der Waals surface area contributed by atoms with Gasteiger partial charge in [-0.15, -0.1) is 0 Å². The molecule has 1 atom stereocenters. The number of non-ortho nitro benzene ring substituents is 1. The third-order valence-corrected chi connectivity index (χ3v) is 3.07. The Kier molecular flexibility index (Phi) is 5.09. The van der Waals surface area contributed by atoms with E-state index in [1.54, 1.807) is 6.26 Å². The van der Waals surface area contributed by atoms with E-state index in [2.05, 4.69) is 5.32 Å². The number of nitro groups is 1. The van der Waals surface area contributed by atoms with Crippen LogP contribution in [0.25, 0.3) is 0 Å². The van der Waals surface area contributed by atoms with Crippen molar-refractivity contribution in [2.75, 3.05) is 23.9 Å². The molecule has 0 aliphatic carbocycles. The normalized spacial score (nSPS) is 12.1. The number of nitrogens with zero attached hydrogens (tertiary/aromatic N) is 1. The molecule has 6 heteroatoms. The fourth-order valence-corrected chi connectivity index (χ4v) is 2.03. The number of aryl methyl sites for hydroxylation is 1. The lowest BCUT2D eigenvalue weighted by molar-refractivity contribution is -0.384. The van der Waals surface area contributed by atoms with E-state index in [0.29, 0.717) is 12.3 Å². The molecule has 0 fully saturated rings. The van der Waals surface area contributed by atoms with Gasteiger partial charge in [-0.2, -0.15) is 0 Å². The van der Waals surface area contributed by atoms with Gasteiger partial charge in [-0.3, -0.25) is 14.3 Å². The molecule has 0 saturated carbocycles. The first-order chi connectivity index (χ1) is 7.99. The van der Waals surface area contributed by atoms with Gasteiger partial charge in [0, 0.05) is 47.2 Å². The molecule has 1 N–H and O–H groups in total. The molecule has 0 amide bonds. The van der Waals surface area contributed by atoms with Crippen LogP contribution in [0.5, 0.6) is 0 Å². The van der Waals surface area contributed by atoms with Gasteiger partial charge in [0.1, 0.15) is 0 Å². The molecule has 0 bridgehead atoms. The summed E-state index contributed by atoms with van der Waals surface area (Å²) in [6.45, 7) is 2.49. The number of anilines is 1. The topological polar surface area (TPSA) is 72.2 Å². The van der Waals surface area contributed by atoms with Crippen molar-refractivity contribution in [2.24, 2.45) is 0 Å². The Balaban J connectivity index is 2.59. The minimum Gasteiger partial charge on any atom is -0.385 e. The molecule has 1 unspecified atom stereocenters. The molecule has 1 aromatic rings. The van der Waals surface area contributed by atoms with Crippen LogP contribution in [0.4, 0.5) is 11.4 Å². The highest BCUT2D eigenvalue weighted by atomic mass is 32.2. The lowest BCUT2D eigenvalue weighted by Gasteiger charge is -2.06. The second-order valence-corrected chi connectivity index (χ2v) is 5.43. The summed E-state index contributed by atoms with van der Waals surface area (Å²) < 4.78 is 10.8. The van der Waals surface area contributed by atoms with E-state index in [4.69, 9.17) is 0 Å². The van der Waals surface area contributed by atoms with Gasteiger partial charge in [0.25, 0.3) is 5.69 Å². The Bertz CT molecular complexity index is 435. The number of nitro benzene ring substituents is 1. The Labute approximate surface area is 103 Å². The highest BCUT2D eigenvalue weighted by molar-refractivity contribution is 7.84. The molecule has 0 aliphatic rings. The van der Waals surface area contributed by atoms with E-state index in [1.807, 2.05) is 13.0 Å². The fourth-order valence-electron chi connectivity index (χ4n) is 1.48. The van der Waals surface area contributed by atoms with E-state index in [0.717, 1.165) is 17.7 Å². The van der Waals surface area contributed by atoms with Crippen LogP contribution in [0.1, 0.15) is 12.0 Å². The zero-order chi connectivity index (χ0) is 12.8. The van der Waals surface area contributed by atoms with Crippen LogP contribution in [-0.2, 0) is 10.8 Å². The molecular formula is C11H16N2O3S. The summed E-state index contributed by atoms with van der Waals surface area (Å²) >= 11 is 0. The maximum atomic E-state index is 10.8. The average molecular weight is 256 g/mol. The molecule has 0 radical (unpaired) electrons. The molecule has 1 aromatic carbocycles. The number of rotatable bonds is 6. The highest BCUT2D eigenvalue weighted by Gasteiger charge is 2.07. The lowest BCUT2D eigenvalue weighted by Crippen LogP contribution is -2.06. The maximum Gasteiger partial charge on any atom is 0.271 e. The van der Waals surface area contributed by atoms with E-state index >= 15 is 0 Å². The van der Waals surface area contributed by atoms with E-state index in [1.165, 1.54) is 12.1 Å². The van der Waals surface area contributed by atoms with Crippen LogP contribution < -0.4 is 5.32 Å². The second-order valence-electron chi connectivity index (χ2n) is 3.87. The summed E-state index contributed by atoms with van der Waals surface area (Å²) in [6, 6.07) is 4.90. The molecule has 1 rings (SSSR count). The van der Waals surface area contributed by atoms with Gasteiger partial charge in [0.2, 0.25) is 0 Å². The molecule has 0 saturated heterocycles. The van der Waals surface area contributed by atoms with Crippen molar-refractivity contribution in [3.8, 4) is 0 Å². The Morgan fingerprint density at radius 3 is 2.71 bits per heavy atom. The minimum atomic E-state index is -0.788.